The number of hydrogen-bond donors (Lipinski definition) is 2. The van der Waals surface area contributed by atoms with Gasteiger partial charge >= 0.3 is 6.01 Å². The van der Waals surface area contributed by atoms with Crippen LogP contribution in [0.2, 0.25) is 0 Å². The summed E-state index contributed by atoms with van der Waals surface area (Å²) in [5.41, 5.74) is 6.64. The highest BCUT2D eigenvalue weighted by Gasteiger charge is 2.50. The lowest BCUT2D eigenvalue weighted by Gasteiger charge is -2.42. The fourth-order valence-corrected chi connectivity index (χ4v) is 8.42. The Morgan fingerprint density at radius 1 is 1.12 bits per heavy atom. The summed E-state index contributed by atoms with van der Waals surface area (Å²) < 4.78 is 59.9. The monoisotopic (exact) mass is 678 g/mol. The van der Waals surface area contributed by atoms with E-state index in [2.05, 4.69) is 25.7 Å². The third-order valence-electron chi connectivity index (χ3n) is 10.9. The number of alkyl halides is 1. The second-order valence-corrected chi connectivity index (χ2v) is 13.8. The van der Waals surface area contributed by atoms with Gasteiger partial charge in [0.05, 0.1) is 22.5 Å². The number of aromatic nitrogens is 3. The van der Waals surface area contributed by atoms with Crippen molar-refractivity contribution >= 4 is 33.3 Å². The van der Waals surface area contributed by atoms with Gasteiger partial charge in [0.2, 0.25) is 0 Å². The summed E-state index contributed by atoms with van der Waals surface area (Å²) in [5.74, 6) is 1.97. The summed E-state index contributed by atoms with van der Waals surface area (Å²) in [6.07, 6.45) is 9.75. The number of pyridine rings is 1. The van der Waals surface area contributed by atoms with E-state index in [0.29, 0.717) is 47.7 Å². The highest BCUT2D eigenvalue weighted by Crippen LogP contribution is 2.49. The first-order chi connectivity index (χ1) is 24.2. The molecule has 254 valence electrons. The number of phenolic OH excluding ortho intramolecular Hbond substituents is 1. The Labute approximate surface area is 285 Å². The fourth-order valence-electron chi connectivity index (χ4n) is 8.42. The predicted molar refractivity (Wildman–Crippen MR) is 183 cm³/mol. The molecule has 3 aromatic carbocycles. The zero-order chi connectivity index (χ0) is 34.3. The van der Waals surface area contributed by atoms with Crippen LogP contribution in [0.15, 0.2) is 48.7 Å². The predicted octanol–water partition coefficient (Wildman–Crippen LogP) is 6.28. The maximum Gasteiger partial charge on any atom is 0.319 e. The van der Waals surface area contributed by atoms with Crippen LogP contribution in [0.5, 0.6) is 17.5 Å². The number of nitrogens with zero attached hydrogens (tertiary/aromatic N) is 5. The maximum atomic E-state index is 17.3. The number of anilines is 2. The quantitative estimate of drug-likeness (QED) is 0.201. The normalized spacial score (nSPS) is 24.0. The molecule has 4 atom stereocenters. The smallest absolute Gasteiger partial charge is 0.319 e. The van der Waals surface area contributed by atoms with Crippen LogP contribution in [-0.2, 0) is 6.54 Å². The molecule has 0 unspecified atom stereocenters. The number of benzene rings is 3. The van der Waals surface area contributed by atoms with Gasteiger partial charge < -0.3 is 25.2 Å². The zero-order valence-electron chi connectivity index (χ0n) is 27.0. The van der Waals surface area contributed by atoms with Gasteiger partial charge in [-0.05, 0) is 73.5 Å². The van der Waals surface area contributed by atoms with Crippen molar-refractivity contribution < 1.29 is 27.8 Å². The summed E-state index contributed by atoms with van der Waals surface area (Å²) in [5, 5.41) is 11.8. The average molecular weight is 679 g/mol. The molecule has 3 aliphatic heterocycles. The van der Waals surface area contributed by atoms with Crippen LogP contribution in [-0.4, -0.2) is 68.5 Å². The van der Waals surface area contributed by atoms with Gasteiger partial charge in [0.25, 0.3) is 0 Å². The van der Waals surface area contributed by atoms with Gasteiger partial charge in [-0.3, -0.25) is 4.90 Å². The minimum absolute atomic E-state index is 0.0172. The molecule has 2 saturated heterocycles. The first kappa shape index (κ1) is 30.8. The highest BCUT2D eigenvalue weighted by molar-refractivity contribution is 6.06. The van der Waals surface area contributed by atoms with Gasteiger partial charge in [-0.25, -0.2) is 18.2 Å². The van der Waals surface area contributed by atoms with E-state index in [1.165, 1.54) is 24.3 Å². The Morgan fingerprint density at radius 2 is 2.00 bits per heavy atom. The van der Waals surface area contributed by atoms with E-state index < -0.39 is 23.3 Å². The van der Waals surface area contributed by atoms with E-state index in [1.807, 2.05) is 12.1 Å². The number of nitrogens with two attached hydrogens (primary N) is 1. The van der Waals surface area contributed by atoms with E-state index in [1.54, 1.807) is 12.3 Å². The lowest BCUT2D eigenvalue weighted by molar-refractivity contribution is 0.0914. The Balaban J connectivity index is 1.26. The topological polar surface area (TPSA) is 110 Å². The molecule has 50 heavy (non-hydrogen) atoms. The molecule has 9 nitrogen and oxygen atoms in total. The fraction of sp³-hybridized carbons (Fsp3) is 0.342. The SMILES string of the molecule is C#Cc1c(F)ccc2cc(O)cc(-c3cc4c5c(nc(OC[C@@]67CCCN6C[C@H](F)C7)nc5c3F)N(Cc3cccnc3N)[C@@H]3CC[C@@H]3O4)c12. The molecule has 12 heteroatoms. The van der Waals surface area contributed by atoms with Crippen LogP contribution in [0.3, 0.4) is 0 Å². The number of fused-ring (bicyclic) bond motifs is 3. The second kappa shape index (κ2) is 11.4. The summed E-state index contributed by atoms with van der Waals surface area (Å²) in [6, 6.07) is 10.6. The Morgan fingerprint density at radius 3 is 2.80 bits per heavy atom. The van der Waals surface area contributed by atoms with Crippen LogP contribution in [0.1, 0.15) is 43.2 Å². The summed E-state index contributed by atoms with van der Waals surface area (Å²) >= 11 is 0. The van der Waals surface area contributed by atoms with Gasteiger partial charge in [0.15, 0.2) is 5.82 Å². The Hall–Kier alpha value is -5.28. The second-order valence-electron chi connectivity index (χ2n) is 13.8. The van der Waals surface area contributed by atoms with Gasteiger partial charge in [-0.2, -0.15) is 9.97 Å². The van der Waals surface area contributed by atoms with Crippen LogP contribution >= 0.6 is 0 Å². The summed E-state index contributed by atoms with van der Waals surface area (Å²) in [7, 11) is 0. The van der Waals surface area contributed by atoms with Crippen molar-refractivity contribution in [2.45, 2.75) is 62.5 Å². The van der Waals surface area contributed by atoms with Crippen LogP contribution in [0, 0.1) is 24.0 Å². The molecule has 1 saturated carbocycles. The Kier molecular flexibility index (Phi) is 7.00. The molecule has 5 aromatic rings. The van der Waals surface area contributed by atoms with Crippen molar-refractivity contribution in [2.75, 3.05) is 30.3 Å². The third-order valence-corrected chi connectivity index (χ3v) is 10.9. The summed E-state index contributed by atoms with van der Waals surface area (Å²) in [6.45, 7) is 1.61. The molecule has 3 fully saturated rings. The highest BCUT2D eigenvalue weighted by atomic mass is 19.1. The number of terminal acetylenes is 1. The molecule has 0 radical (unpaired) electrons. The molecular weight excluding hydrogens is 645 g/mol. The number of ether oxygens (including phenoxy) is 2. The number of rotatable bonds is 6. The molecule has 3 N–H and O–H groups in total. The van der Waals surface area contributed by atoms with Crippen molar-refractivity contribution in [3.63, 3.8) is 0 Å². The maximum absolute atomic E-state index is 17.3. The average Bonchev–Trinajstić information content (AvgIpc) is 3.60. The first-order valence-electron chi connectivity index (χ1n) is 16.8. The Bertz CT molecular complexity index is 2260. The number of aromatic hydroxyl groups is 1. The number of hydrogen-bond acceptors (Lipinski definition) is 9. The molecule has 0 spiro atoms. The number of phenols is 1. The standard InChI is InChI=1S/C38H33F3N6O3/c1-2-24-27(40)7-6-20-13-23(48)14-25(31(20)24)26-15-30-32-34(33(26)41)44-37(49-19-38-10-4-12-46(38)18-22(39)16-38)45-36(32)47(28-8-9-29(28)50-30)17-21-5-3-11-43-35(21)42/h1,3,5-7,11,13-15,22,28-29,48H,4,8-10,12,16-19H2,(H2,42,43)/t22-,28-,29+,38+/m1/s1. The van der Waals surface area contributed by atoms with Crippen molar-refractivity contribution in [1.82, 2.24) is 19.9 Å². The molecule has 5 heterocycles. The number of nitrogen functional groups attached to an aromatic ring is 1. The van der Waals surface area contributed by atoms with E-state index in [-0.39, 0.29) is 58.1 Å². The van der Waals surface area contributed by atoms with Crippen molar-refractivity contribution in [3.8, 4) is 41.0 Å². The van der Waals surface area contributed by atoms with Crippen molar-refractivity contribution in [1.29, 1.82) is 0 Å². The molecule has 0 amide bonds. The van der Waals surface area contributed by atoms with E-state index >= 15 is 8.78 Å². The number of halogens is 3. The van der Waals surface area contributed by atoms with Gasteiger partial charge in [-0.1, -0.05) is 18.1 Å². The third kappa shape index (κ3) is 4.70. The van der Waals surface area contributed by atoms with E-state index in [0.717, 1.165) is 37.8 Å². The lowest BCUT2D eigenvalue weighted by Crippen LogP contribution is -2.52. The minimum atomic E-state index is -0.952. The molecule has 4 aliphatic rings. The molecule has 9 rings (SSSR count). The minimum Gasteiger partial charge on any atom is -0.508 e. The van der Waals surface area contributed by atoms with Crippen molar-refractivity contribution in [3.05, 3.63) is 71.4 Å². The van der Waals surface area contributed by atoms with Crippen LogP contribution in [0.4, 0.5) is 24.8 Å². The summed E-state index contributed by atoms with van der Waals surface area (Å²) in [4.78, 5) is 18.0. The first-order valence-corrected chi connectivity index (χ1v) is 16.8. The van der Waals surface area contributed by atoms with Crippen LogP contribution < -0.4 is 20.1 Å². The molecular formula is C38H33F3N6O3. The van der Waals surface area contributed by atoms with E-state index in [9.17, 15) is 9.50 Å². The molecule has 1 aliphatic carbocycles. The zero-order valence-corrected chi connectivity index (χ0v) is 27.0. The van der Waals surface area contributed by atoms with Crippen LogP contribution in [0.25, 0.3) is 32.8 Å². The van der Waals surface area contributed by atoms with Gasteiger partial charge in [0.1, 0.15) is 53.4 Å². The van der Waals surface area contributed by atoms with Crippen molar-refractivity contribution in [2.24, 2.45) is 0 Å². The van der Waals surface area contributed by atoms with Gasteiger partial charge in [-0.15, -0.1) is 6.42 Å². The van der Waals surface area contributed by atoms with Gasteiger partial charge in [0, 0.05) is 42.2 Å². The van der Waals surface area contributed by atoms with E-state index in [4.69, 9.17) is 26.6 Å². The lowest BCUT2D eigenvalue weighted by atomic mass is 9.87. The largest absolute Gasteiger partial charge is 0.508 e. The molecule has 0 bridgehead atoms. The molecule has 2 aromatic heterocycles.